The van der Waals surface area contributed by atoms with Crippen molar-refractivity contribution in [2.45, 2.75) is 38.3 Å². The standard InChI is InChI=1S/C19H22N6O/c26-19(15-5-6-18(20-12-15)16-13-21-22-14-16)25-10-2-1-4-17(25)7-11-24-9-3-8-23-24/h3,5-6,8-9,12-14,17H,1-2,4,7,10-11H2,(H,21,22). The van der Waals surface area contributed by atoms with Crippen LogP contribution in [0.5, 0.6) is 0 Å². The zero-order valence-electron chi connectivity index (χ0n) is 14.6. The molecule has 4 rings (SSSR count). The Morgan fingerprint density at radius 3 is 2.96 bits per heavy atom. The molecule has 1 aliphatic rings. The highest BCUT2D eigenvalue weighted by Crippen LogP contribution is 2.23. The number of pyridine rings is 1. The number of piperidine rings is 1. The molecule has 0 bridgehead atoms. The first-order valence-electron chi connectivity index (χ1n) is 9.05. The van der Waals surface area contributed by atoms with E-state index in [0.717, 1.165) is 43.6 Å². The normalized spacial score (nSPS) is 17.4. The second kappa shape index (κ2) is 7.51. The minimum atomic E-state index is 0.0707. The van der Waals surface area contributed by atoms with Crippen LogP contribution in [0.4, 0.5) is 0 Å². The zero-order chi connectivity index (χ0) is 17.8. The number of nitrogens with zero attached hydrogens (tertiary/aromatic N) is 5. The number of likely N-dealkylation sites (tertiary alicyclic amines) is 1. The van der Waals surface area contributed by atoms with Crippen molar-refractivity contribution in [1.29, 1.82) is 0 Å². The molecule has 134 valence electrons. The molecule has 1 N–H and O–H groups in total. The minimum Gasteiger partial charge on any atom is -0.336 e. The third-order valence-electron chi connectivity index (χ3n) is 4.94. The van der Waals surface area contributed by atoms with E-state index >= 15 is 0 Å². The van der Waals surface area contributed by atoms with Crippen LogP contribution < -0.4 is 0 Å². The lowest BCUT2D eigenvalue weighted by molar-refractivity contribution is 0.0593. The topological polar surface area (TPSA) is 79.7 Å². The van der Waals surface area contributed by atoms with E-state index in [0.29, 0.717) is 5.56 Å². The highest BCUT2D eigenvalue weighted by atomic mass is 16.2. The molecule has 4 heterocycles. The van der Waals surface area contributed by atoms with E-state index in [4.69, 9.17) is 0 Å². The number of aromatic amines is 1. The predicted molar refractivity (Wildman–Crippen MR) is 97.3 cm³/mol. The summed E-state index contributed by atoms with van der Waals surface area (Å²) in [6.45, 7) is 1.64. The lowest BCUT2D eigenvalue weighted by Gasteiger charge is -2.36. The molecule has 1 fully saturated rings. The summed E-state index contributed by atoms with van der Waals surface area (Å²) in [5.41, 5.74) is 2.37. The number of aromatic nitrogens is 5. The SMILES string of the molecule is O=C(c1ccc(-c2cn[nH]c2)nc1)N1CCCCC1CCn1cccn1. The van der Waals surface area contributed by atoms with Gasteiger partial charge in [-0.05, 0) is 43.9 Å². The van der Waals surface area contributed by atoms with Crippen molar-refractivity contribution in [2.75, 3.05) is 6.54 Å². The highest BCUT2D eigenvalue weighted by molar-refractivity contribution is 5.94. The summed E-state index contributed by atoms with van der Waals surface area (Å²) in [5.74, 6) is 0.0707. The van der Waals surface area contributed by atoms with Gasteiger partial charge < -0.3 is 4.90 Å². The van der Waals surface area contributed by atoms with Crippen LogP contribution in [-0.4, -0.2) is 48.4 Å². The van der Waals surface area contributed by atoms with Crippen molar-refractivity contribution in [2.24, 2.45) is 0 Å². The van der Waals surface area contributed by atoms with Gasteiger partial charge in [0, 0.05) is 49.5 Å². The molecule has 1 amide bonds. The molecule has 1 aliphatic heterocycles. The number of carbonyl (C=O) groups is 1. The van der Waals surface area contributed by atoms with Crippen molar-refractivity contribution in [1.82, 2.24) is 29.9 Å². The third-order valence-corrected chi connectivity index (χ3v) is 4.94. The molecule has 3 aromatic heterocycles. The second-order valence-corrected chi connectivity index (χ2v) is 6.63. The summed E-state index contributed by atoms with van der Waals surface area (Å²) < 4.78 is 1.93. The summed E-state index contributed by atoms with van der Waals surface area (Å²) in [7, 11) is 0. The molecule has 0 saturated carbocycles. The van der Waals surface area contributed by atoms with Gasteiger partial charge in [-0.25, -0.2) is 0 Å². The van der Waals surface area contributed by atoms with Gasteiger partial charge in [0.05, 0.1) is 17.5 Å². The van der Waals surface area contributed by atoms with Gasteiger partial charge in [0.25, 0.3) is 5.91 Å². The maximum atomic E-state index is 13.0. The van der Waals surface area contributed by atoms with E-state index in [-0.39, 0.29) is 11.9 Å². The summed E-state index contributed by atoms with van der Waals surface area (Å²) in [5, 5.41) is 11.0. The lowest BCUT2D eigenvalue weighted by Crippen LogP contribution is -2.44. The number of hydrogen-bond acceptors (Lipinski definition) is 4. The molecule has 26 heavy (non-hydrogen) atoms. The fourth-order valence-corrected chi connectivity index (χ4v) is 3.53. The first-order chi connectivity index (χ1) is 12.8. The highest BCUT2D eigenvalue weighted by Gasteiger charge is 2.27. The summed E-state index contributed by atoms with van der Waals surface area (Å²) in [6, 6.07) is 5.92. The Morgan fingerprint density at radius 1 is 1.27 bits per heavy atom. The molecule has 1 unspecified atom stereocenters. The van der Waals surface area contributed by atoms with Gasteiger partial charge in [0.15, 0.2) is 0 Å². The summed E-state index contributed by atoms with van der Waals surface area (Å²) >= 11 is 0. The summed E-state index contributed by atoms with van der Waals surface area (Å²) in [4.78, 5) is 19.5. The number of aryl methyl sites for hydroxylation is 1. The Morgan fingerprint density at radius 2 is 2.23 bits per heavy atom. The molecule has 0 aromatic carbocycles. The number of carbonyl (C=O) groups excluding carboxylic acids is 1. The van der Waals surface area contributed by atoms with E-state index in [9.17, 15) is 4.79 Å². The van der Waals surface area contributed by atoms with Crippen LogP contribution in [0.15, 0.2) is 49.2 Å². The minimum absolute atomic E-state index is 0.0707. The van der Waals surface area contributed by atoms with Crippen molar-refractivity contribution < 1.29 is 4.79 Å². The van der Waals surface area contributed by atoms with Crippen molar-refractivity contribution in [3.05, 3.63) is 54.7 Å². The first kappa shape index (κ1) is 16.5. The largest absolute Gasteiger partial charge is 0.336 e. The van der Waals surface area contributed by atoms with Gasteiger partial charge >= 0.3 is 0 Å². The molecule has 3 aromatic rings. The van der Waals surface area contributed by atoms with Crippen LogP contribution in [0, 0.1) is 0 Å². The maximum absolute atomic E-state index is 13.0. The number of hydrogen-bond donors (Lipinski definition) is 1. The Kier molecular flexibility index (Phi) is 4.77. The third kappa shape index (κ3) is 3.51. The predicted octanol–water partition coefficient (Wildman–Crippen LogP) is 2.75. The van der Waals surface area contributed by atoms with Crippen LogP contribution in [0.1, 0.15) is 36.0 Å². The molecule has 0 spiro atoms. The van der Waals surface area contributed by atoms with Gasteiger partial charge in [0.2, 0.25) is 0 Å². The fourth-order valence-electron chi connectivity index (χ4n) is 3.53. The summed E-state index contributed by atoms with van der Waals surface area (Å²) in [6.07, 6.45) is 13.1. The van der Waals surface area contributed by atoms with Gasteiger partial charge in [-0.1, -0.05) is 0 Å². The number of amides is 1. The van der Waals surface area contributed by atoms with Gasteiger partial charge in [-0.2, -0.15) is 10.2 Å². The molecule has 1 saturated heterocycles. The lowest BCUT2D eigenvalue weighted by atomic mass is 9.98. The van der Waals surface area contributed by atoms with Gasteiger partial charge in [-0.15, -0.1) is 0 Å². The van der Waals surface area contributed by atoms with Crippen LogP contribution >= 0.6 is 0 Å². The Hall–Kier alpha value is -2.96. The monoisotopic (exact) mass is 350 g/mol. The Labute approximate surface area is 152 Å². The molecule has 0 aliphatic carbocycles. The molecule has 7 heteroatoms. The molecular formula is C19H22N6O. The van der Waals surface area contributed by atoms with Crippen LogP contribution in [0.3, 0.4) is 0 Å². The Bertz CT molecular complexity index is 826. The molecule has 1 atom stereocenters. The fraction of sp³-hybridized carbons (Fsp3) is 0.368. The zero-order valence-corrected chi connectivity index (χ0v) is 14.6. The van der Waals surface area contributed by atoms with E-state index in [1.165, 1.54) is 6.42 Å². The maximum Gasteiger partial charge on any atom is 0.255 e. The van der Waals surface area contributed by atoms with E-state index in [1.807, 2.05) is 34.0 Å². The first-order valence-corrected chi connectivity index (χ1v) is 9.05. The average Bonchev–Trinajstić information content (AvgIpc) is 3.40. The molecule has 7 nitrogen and oxygen atoms in total. The van der Waals surface area contributed by atoms with Crippen molar-refractivity contribution in [3.8, 4) is 11.3 Å². The average molecular weight is 350 g/mol. The van der Waals surface area contributed by atoms with Crippen LogP contribution in [0.2, 0.25) is 0 Å². The van der Waals surface area contributed by atoms with Crippen LogP contribution in [0.25, 0.3) is 11.3 Å². The van der Waals surface area contributed by atoms with Crippen molar-refractivity contribution >= 4 is 5.91 Å². The van der Waals surface area contributed by atoms with Gasteiger partial charge in [-0.3, -0.25) is 19.6 Å². The molecular weight excluding hydrogens is 328 g/mol. The number of nitrogens with one attached hydrogen (secondary N) is 1. The van der Waals surface area contributed by atoms with E-state index in [2.05, 4.69) is 20.3 Å². The van der Waals surface area contributed by atoms with E-state index < -0.39 is 0 Å². The number of H-pyrrole nitrogens is 1. The molecule has 0 radical (unpaired) electrons. The van der Waals surface area contributed by atoms with Crippen molar-refractivity contribution in [3.63, 3.8) is 0 Å². The van der Waals surface area contributed by atoms with Crippen LogP contribution in [-0.2, 0) is 6.54 Å². The van der Waals surface area contributed by atoms with E-state index in [1.54, 1.807) is 24.8 Å². The number of rotatable bonds is 5. The smallest absolute Gasteiger partial charge is 0.255 e. The second-order valence-electron chi connectivity index (χ2n) is 6.63. The Balaban J connectivity index is 1.46. The quantitative estimate of drug-likeness (QED) is 0.767. The van der Waals surface area contributed by atoms with Gasteiger partial charge in [0.1, 0.15) is 0 Å².